The fourth-order valence-electron chi connectivity index (χ4n) is 2.14. The first-order valence-corrected chi connectivity index (χ1v) is 7.98. The van der Waals surface area contributed by atoms with E-state index in [9.17, 15) is 9.90 Å². The Morgan fingerprint density at radius 1 is 1.16 bits per heavy atom. The first-order chi connectivity index (χ1) is 12.0. The van der Waals surface area contributed by atoms with E-state index in [1.165, 1.54) is 6.07 Å². The van der Waals surface area contributed by atoms with Crippen LogP contribution in [-0.2, 0) is 11.2 Å². The number of phenolic OH excluding ortho intramolecular Hbond substituents is 1. The van der Waals surface area contributed by atoms with E-state index in [2.05, 4.69) is 11.6 Å². The molecule has 2 rings (SSSR count). The van der Waals surface area contributed by atoms with Gasteiger partial charge in [-0.05, 0) is 23.6 Å². The van der Waals surface area contributed by atoms with Gasteiger partial charge in [0.05, 0.1) is 6.61 Å². The lowest BCUT2D eigenvalue weighted by Gasteiger charge is -2.09. The van der Waals surface area contributed by atoms with E-state index >= 15 is 0 Å². The zero-order valence-electron chi connectivity index (χ0n) is 13.9. The molecule has 0 aromatic heterocycles. The lowest BCUT2D eigenvalue weighted by Crippen LogP contribution is -2.00. The van der Waals surface area contributed by atoms with Crippen LogP contribution in [0.5, 0.6) is 11.5 Å². The van der Waals surface area contributed by atoms with Crippen LogP contribution in [0.25, 0.3) is 0 Å². The largest absolute Gasteiger partial charge is 0.508 e. The zero-order valence-corrected chi connectivity index (χ0v) is 13.9. The molecule has 5 heteroatoms. The number of carbonyl (C=O) groups is 1. The number of aromatic hydroxyl groups is 1. The third-order valence-corrected chi connectivity index (χ3v) is 3.52. The molecule has 0 atom stereocenters. The maximum atomic E-state index is 10.6. The van der Waals surface area contributed by atoms with Gasteiger partial charge in [-0.2, -0.15) is 0 Å². The van der Waals surface area contributed by atoms with Gasteiger partial charge < -0.3 is 14.9 Å². The number of aliphatic carboxylic acids is 1. The molecule has 2 N–H and O–H groups in total. The summed E-state index contributed by atoms with van der Waals surface area (Å²) in [5.41, 5.74) is 2.30. The number of carboxylic acid groups (broad SMARTS) is 1. The van der Waals surface area contributed by atoms with Crippen molar-refractivity contribution in [2.24, 2.45) is 4.99 Å². The predicted molar refractivity (Wildman–Crippen MR) is 97.4 cm³/mol. The Labute approximate surface area is 146 Å². The SMILES string of the molecule is C=C(CCOc1ccc(CCC(=O)O)c(O)c1)N=Cc1ccccc1. The summed E-state index contributed by atoms with van der Waals surface area (Å²) in [5, 5.41) is 18.6. The number of aliphatic imine (C=N–C) groups is 1. The number of rotatable bonds is 9. The molecule has 0 heterocycles. The molecule has 130 valence electrons. The fraction of sp³-hybridized carbons (Fsp3) is 0.200. The number of aryl methyl sites for hydroxylation is 1. The van der Waals surface area contributed by atoms with Gasteiger partial charge >= 0.3 is 5.97 Å². The third kappa shape index (κ3) is 6.51. The minimum atomic E-state index is -0.894. The summed E-state index contributed by atoms with van der Waals surface area (Å²) in [4.78, 5) is 14.9. The van der Waals surface area contributed by atoms with E-state index in [1.54, 1.807) is 18.3 Å². The van der Waals surface area contributed by atoms with E-state index < -0.39 is 5.97 Å². The van der Waals surface area contributed by atoms with Crippen molar-refractivity contribution in [1.82, 2.24) is 0 Å². The molecule has 0 spiro atoms. The second-order valence-electron chi connectivity index (χ2n) is 5.52. The average Bonchev–Trinajstić information content (AvgIpc) is 2.60. The molecule has 5 nitrogen and oxygen atoms in total. The molecule has 0 aliphatic rings. The van der Waals surface area contributed by atoms with Crippen molar-refractivity contribution in [3.05, 3.63) is 71.9 Å². The van der Waals surface area contributed by atoms with Gasteiger partial charge in [0.25, 0.3) is 0 Å². The van der Waals surface area contributed by atoms with E-state index in [1.807, 2.05) is 30.3 Å². The van der Waals surface area contributed by atoms with Crippen LogP contribution in [0, 0.1) is 0 Å². The van der Waals surface area contributed by atoms with Crippen LogP contribution >= 0.6 is 0 Å². The van der Waals surface area contributed by atoms with Crippen LogP contribution in [0.15, 0.2) is 65.8 Å². The van der Waals surface area contributed by atoms with Gasteiger partial charge in [0.15, 0.2) is 0 Å². The Bertz CT molecular complexity index is 754. The number of hydrogen-bond donors (Lipinski definition) is 2. The highest BCUT2D eigenvalue weighted by Gasteiger charge is 2.06. The van der Waals surface area contributed by atoms with E-state index in [0.29, 0.717) is 30.0 Å². The predicted octanol–water partition coefficient (Wildman–Crippen LogP) is 3.81. The highest BCUT2D eigenvalue weighted by molar-refractivity contribution is 5.80. The Hall–Kier alpha value is -3.08. The maximum Gasteiger partial charge on any atom is 0.303 e. The third-order valence-electron chi connectivity index (χ3n) is 3.52. The molecule has 2 aromatic carbocycles. The molecule has 0 aliphatic heterocycles. The van der Waals surface area contributed by atoms with Gasteiger partial charge in [-0.25, -0.2) is 0 Å². The lowest BCUT2D eigenvalue weighted by molar-refractivity contribution is -0.136. The Kier molecular flexibility index (Phi) is 6.77. The van der Waals surface area contributed by atoms with Crippen LogP contribution in [0.4, 0.5) is 0 Å². The molecular formula is C20H21NO4. The summed E-state index contributed by atoms with van der Waals surface area (Å²) in [6.45, 7) is 4.28. The molecular weight excluding hydrogens is 318 g/mol. The van der Waals surface area contributed by atoms with Gasteiger partial charge in [0, 0.05) is 30.8 Å². The van der Waals surface area contributed by atoms with Crippen molar-refractivity contribution < 1.29 is 19.7 Å². The van der Waals surface area contributed by atoms with Crippen molar-refractivity contribution >= 4 is 12.2 Å². The smallest absolute Gasteiger partial charge is 0.303 e. The highest BCUT2D eigenvalue weighted by Crippen LogP contribution is 2.25. The van der Waals surface area contributed by atoms with Crippen molar-refractivity contribution in [2.45, 2.75) is 19.3 Å². The van der Waals surface area contributed by atoms with Crippen LogP contribution in [0.3, 0.4) is 0 Å². The average molecular weight is 339 g/mol. The molecule has 0 saturated carbocycles. The molecule has 0 aliphatic carbocycles. The topological polar surface area (TPSA) is 79.1 Å². The second-order valence-corrected chi connectivity index (χ2v) is 5.52. The van der Waals surface area contributed by atoms with Gasteiger partial charge in [-0.1, -0.05) is 43.0 Å². The minimum Gasteiger partial charge on any atom is -0.508 e. The van der Waals surface area contributed by atoms with Gasteiger partial charge in [0.2, 0.25) is 0 Å². The Morgan fingerprint density at radius 3 is 2.60 bits per heavy atom. The molecule has 0 amide bonds. The maximum absolute atomic E-state index is 10.6. The van der Waals surface area contributed by atoms with Gasteiger partial charge in [-0.15, -0.1) is 0 Å². The first-order valence-electron chi connectivity index (χ1n) is 7.98. The number of benzene rings is 2. The number of hydrogen-bond acceptors (Lipinski definition) is 4. The molecule has 25 heavy (non-hydrogen) atoms. The second kappa shape index (κ2) is 9.27. The number of phenols is 1. The zero-order chi connectivity index (χ0) is 18.1. The standard InChI is InChI=1S/C20H21NO4/c1-15(21-14-16-5-3-2-4-6-16)11-12-25-18-9-7-17(19(22)13-18)8-10-20(23)24/h2-7,9,13-14,22H,1,8,10-12H2,(H,23,24). The minimum absolute atomic E-state index is 0.0208. The van der Waals surface area contributed by atoms with Crippen molar-refractivity contribution in [3.63, 3.8) is 0 Å². The molecule has 0 bridgehead atoms. The monoisotopic (exact) mass is 339 g/mol. The Balaban J connectivity index is 1.79. The van der Waals surface area contributed by atoms with Crippen molar-refractivity contribution in [3.8, 4) is 11.5 Å². The summed E-state index contributed by atoms with van der Waals surface area (Å²) >= 11 is 0. The van der Waals surface area contributed by atoms with Crippen LogP contribution in [-0.4, -0.2) is 29.0 Å². The van der Waals surface area contributed by atoms with Gasteiger partial charge in [-0.3, -0.25) is 9.79 Å². The molecule has 0 saturated heterocycles. The summed E-state index contributed by atoms with van der Waals surface area (Å²) in [6.07, 6.45) is 2.58. The quantitative estimate of drug-likeness (QED) is 0.681. The summed E-state index contributed by atoms with van der Waals surface area (Å²) in [7, 11) is 0. The number of ether oxygens (including phenoxy) is 1. The van der Waals surface area contributed by atoms with Gasteiger partial charge in [0.1, 0.15) is 11.5 Å². The number of carboxylic acids is 1. The molecule has 0 fully saturated rings. The van der Waals surface area contributed by atoms with E-state index in [-0.39, 0.29) is 18.6 Å². The fourth-order valence-corrected chi connectivity index (χ4v) is 2.14. The molecule has 0 radical (unpaired) electrons. The molecule has 0 unspecified atom stereocenters. The van der Waals surface area contributed by atoms with Crippen molar-refractivity contribution in [2.75, 3.05) is 6.61 Å². The van der Waals surface area contributed by atoms with Crippen molar-refractivity contribution in [1.29, 1.82) is 0 Å². The van der Waals surface area contributed by atoms with E-state index in [4.69, 9.17) is 9.84 Å². The molecule has 2 aromatic rings. The van der Waals surface area contributed by atoms with Crippen LogP contribution < -0.4 is 4.74 Å². The lowest BCUT2D eigenvalue weighted by atomic mass is 10.1. The van der Waals surface area contributed by atoms with E-state index in [0.717, 1.165) is 5.56 Å². The highest BCUT2D eigenvalue weighted by atomic mass is 16.5. The van der Waals surface area contributed by atoms with Crippen LogP contribution in [0.1, 0.15) is 24.0 Å². The first kappa shape index (κ1) is 18.3. The summed E-state index contributed by atoms with van der Waals surface area (Å²) in [5.74, 6) is -0.328. The number of nitrogens with zero attached hydrogens (tertiary/aromatic N) is 1. The summed E-state index contributed by atoms with van der Waals surface area (Å²) < 4.78 is 5.58. The van der Waals surface area contributed by atoms with Crippen LogP contribution in [0.2, 0.25) is 0 Å². The Morgan fingerprint density at radius 2 is 1.92 bits per heavy atom. The normalized spacial score (nSPS) is 10.7. The summed E-state index contributed by atoms with van der Waals surface area (Å²) in [6, 6.07) is 14.6.